The van der Waals surface area contributed by atoms with Gasteiger partial charge >= 0.3 is 5.69 Å². The first kappa shape index (κ1) is 23.3. The molecule has 0 aliphatic heterocycles. The van der Waals surface area contributed by atoms with Gasteiger partial charge in [0.05, 0.1) is 31.5 Å². The van der Waals surface area contributed by atoms with Crippen molar-refractivity contribution in [2.24, 2.45) is 0 Å². The van der Waals surface area contributed by atoms with Gasteiger partial charge in [-0.3, -0.25) is 9.36 Å². The maximum absolute atomic E-state index is 13.0. The number of aromatic nitrogens is 2. The minimum atomic E-state index is -0.511. The minimum absolute atomic E-state index is 0.184. The Morgan fingerprint density at radius 2 is 1.76 bits per heavy atom. The highest BCUT2D eigenvalue weighted by Crippen LogP contribution is 2.30. The zero-order valence-corrected chi connectivity index (χ0v) is 19.8. The summed E-state index contributed by atoms with van der Waals surface area (Å²) < 4.78 is 12.0. The lowest BCUT2D eigenvalue weighted by molar-refractivity contribution is -0.122. The van der Waals surface area contributed by atoms with Crippen molar-refractivity contribution in [2.45, 2.75) is 19.5 Å². The molecule has 8 heteroatoms. The van der Waals surface area contributed by atoms with E-state index < -0.39 is 5.69 Å². The van der Waals surface area contributed by atoms with Crippen molar-refractivity contribution >= 4 is 28.4 Å². The molecule has 0 radical (unpaired) electrons. The summed E-state index contributed by atoms with van der Waals surface area (Å²) in [7, 11) is 3.12. The predicted molar refractivity (Wildman–Crippen MR) is 133 cm³/mol. The van der Waals surface area contributed by atoms with E-state index in [1.165, 1.54) is 4.57 Å². The van der Waals surface area contributed by atoms with E-state index in [1.807, 2.05) is 49.4 Å². The summed E-state index contributed by atoms with van der Waals surface area (Å²) in [6.07, 6.45) is 0. The van der Waals surface area contributed by atoms with Crippen molar-refractivity contribution in [2.75, 3.05) is 14.2 Å². The predicted octanol–water partition coefficient (Wildman–Crippen LogP) is 4.61. The second kappa shape index (κ2) is 9.97. The molecule has 0 aliphatic carbocycles. The smallest absolute Gasteiger partial charge is 0.349 e. The van der Waals surface area contributed by atoms with Crippen LogP contribution in [-0.4, -0.2) is 29.7 Å². The molecule has 1 heterocycles. The van der Waals surface area contributed by atoms with Crippen molar-refractivity contribution in [3.05, 3.63) is 87.8 Å². The molecule has 4 rings (SSSR count). The molecule has 0 aliphatic rings. The first-order chi connectivity index (χ1) is 16.4. The number of hydrogen-bond acceptors (Lipinski definition) is 5. The Morgan fingerprint density at radius 1 is 1.03 bits per heavy atom. The molecule has 0 bridgehead atoms. The van der Waals surface area contributed by atoms with Crippen LogP contribution in [0, 0.1) is 0 Å². The van der Waals surface area contributed by atoms with Crippen LogP contribution in [0.3, 0.4) is 0 Å². The number of hydrogen-bond donors (Lipinski definition) is 1. The third-order valence-corrected chi connectivity index (χ3v) is 5.81. The number of rotatable bonds is 7. The van der Waals surface area contributed by atoms with E-state index in [2.05, 4.69) is 10.3 Å². The summed E-state index contributed by atoms with van der Waals surface area (Å²) in [5.41, 5.74) is 2.23. The van der Waals surface area contributed by atoms with Gasteiger partial charge in [-0.25, -0.2) is 4.79 Å². The summed E-state index contributed by atoms with van der Waals surface area (Å²) >= 11 is 6.25. The number of nitrogens with zero attached hydrogens (tertiary/aromatic N) is 2. The Kier molecular flexibility index (Phi) is 6.84. The van der Waals surface area contributed by atoms with Gasteiger partial charge in [0.1, 0.15) is 6.54 Å². The molecule has 1 N–H and O–H groups in total. The fourth-order valence-corrected chi connectivity index (χ4v) is 4.03. The first-order valence-corrected chi connectivity index (χ1v) is 11.1. The molecule has 0 unspecified atom stereocenters. The van der Waals surface area contributed by atoms with Crippen molar-refractivity contribution in [3.8, 4) is 22.8 Å². The van der Waals surface area contributed by atoms with E-state index in [0.29, 0.717) is 33.1 Å². The van der Waals surface area contributed by atoms with Gasteiger partial charge in [-0.2, -0.15) is 4.98 Å². The number of halogens is 1. The Hall–Kier alpha value is -3.84. The van der Waals surface area contributed by atoms with Crippen molar-refractivity contribution in [1.82, 2.24) is 14.9 Å². The highest BCUT2D eigenvalue weighted by molar-refractivity contribution is 6.31. The lowest BCUT2D eigenvalue weighted by Crippen LogP contribution is -2.35. The van der Waals surface area contributed by atoms with Crippen LogP contribution in [0.15, 0.2) is 71.5 Å². The number of carbonyl (C=O) groups is 1. The largest absolute Gasteiger partial charge is 0.493 e. The van der Waals surface area contributed by atoms with Gasteiger partial charge in [-0.15, -0.1) is 0 Å². The molecule has 0 saturated heterocycles. The lowest BCUT2D eigenvalue weighted by Gasteiger charge is -2.18. The highest BCUT2D eigenvalue weighted by Gasteiger charge is 2.17. The van der Waals surface area contributed by atoms with Gasteiger partial charge in [0.15, 0.2) is 11.5 Å². The number of carbonyl (C=O) groups excluding carboxylic acids is 1. The summed E-state index contributed by atoms with van der Waals surface area (Å²) in [6, 6.07) is 19.7. The SMILES string of the molecule is COc1ccc([C@@H](C)NC(=O)Cn2c(=O)nc(-c3ccccc3)c3cc(Cl)ccc32)cc1OC. The van der Waals surface area contributed by atoms with Crippen molar-refractivity contribution in [3.63, 3.8) is 0 Å². The molecule has 4 aromatic rings. The highest BCUT2D eigenvalue weighted by atomic mass is 35.5. The monoisotopic (exact) mass is 477 g/mol. The molecular weight excluding hydrogens is 454 g/mol. The topological polar surface area (TPSA) is 82.5 Å². The molecule has 0 spiro atoms. The zero-order valence-electron chi connectivity index (χ0n) is 19.0. The van der Waals surface area contributed by atoms with Crippen LogP contribution in [0.4, 0.5) is 0 Å². The summed E-state index contributed by atoms with van der Waals surface area (Å²) in [6.45, 7) is 1.67. The summed E-state index contributed by atoms with van der Waals surface area (Å²) in [4.78, 5) is 30.2. The molecule has 7 nitrogen and oxygen atoms in total. The van der Waals surface area contributed by atoms with Crippen LogP contribution in [0.2, 0.25) is 5.02 Å². The maximum Gasteiger partial charge on any atom is 0.349 e. The molecule has 1 aromatic heterocycles. The molecule has 34 heavy (non-hydrogen) atoms. The van der Waals surface area contributed by atoms with E-state index in [9.17, 15) is 9.59 Å². The summed E-state index contributed by atoms with van der Waals surface area (Å²) in [5.74, 6) is 0.849. The molecular formula is C26H24ClN3O4. The Bertz CT molecular complexity index is 1400. The third-order valence-electron chi connectivity index (χ3n) is 5.58. The van der Waals surface area contributed by atoms with Gasteiger partial charge in [0.25, 0.3) is 0 Å². The Balaban J connectivity index is 1.64. The second-order valence-corrected chi connectivity index (χ2v) is 8.20. The standard InChI is InChI=1S/C26H24ClN3O4/c1-16(18-9-12-22(33-2)23(13-18)34-3)28-24(31)15-30-21-11-10-19(27)14-20(21)25(29-26(30)32)17-7-5-4-6-8-17/h4-14,16H,15H2,1-3H3,(H,28,31)/t16-/m1/s1. The average molecular weight is 478 g/mol. The molecule has 0 saturated carbocycles. The molecule has 1 amide bonds. The van der Waals surface area contributed by atoms with E-state index in [0.717, 1.165) is 11.1 Å². The van der Waals surface area contributed by atoms with Gasteiger partial charge < -0.3 is 14.8 Å². The van der Waals surface area contributed by atoms with E-state index in [4.69, 9.17) is 21.1 Å². The zero-order chi connectivity index (χ0) is 24.2. The fraction of sp³-hybridized carbons (Fsp3) is 0.192. The Morgan fingerprint density at radius 3 is 2.47 bits per heavy atom. The Labute approximate surface area is 201 Å². The van der Waals surface area contributed by atoms with E-state index >= 15 is 0 Å². The van der Waals surface area contributed by atoms with Crippen molar-refractivity contribution in [1.29, 1.82) is 0 Å². The van der Waals surface area contributed by atoms with E-state index in [1.54, 1.807) is 38.5 Å². The van der Waals surface area contributed by atoms with Crippen LogP contribution >= 0.6 is 11.6 Å². The number of benzene rings is 3. The molecule has 3 aromatic carbocycles. The van der Waals surface area contributed by atoms with Gasteiger partial charge in [0.2, 0.25) is 5.91 Å². The molecule has 174 valence electrons. The fourth-order valence-electron chi connectivity index (χ4n) is 3.86. The number of fused-ring (bicyclic) bond motifs is 1. The van der Waals surface area contributed by atoms with Gasteiger partial charge in [-0.1, -0.05) is 48.0 Å². The number of methoxy groups -OCH3 is 2. The summed E-state index contributed by atoms with van der Waals surface area (Å²) in [5, 5.41) is 4.14. The van der Waals surface area contributed by atoms with Crippen LogP contribution in [0.25, 0.3) is 22.2 Å². The van der Waals surface area contributed by atoms with Crippen molar-refractivity contribution < 1.29 is 14.3 Å². The number of ether oxygens (including phenoxy) is 2. The van der Waals surface area contributed by atoms with E-state index in [-0.39, 0.29) is 18.5 Å². The average Bonchev–Trinajstić information content (AvgIpc) is 2.85. The van der Waals surface area contributed by atoms with Gasteiger partial charge in [-0.05, 0) is 42.8 Å². The molecule has 0 fully saturated rings. The first-order valence-electron chi connectivity index (χ1n) is 10.7. The third kappa shape index (κ3) is 4.75. The number of nitrogens with one attached hydrogen (secondary N) is 1. The second-order valence-electron chi connectivity index (χ2n) is 7.76. The lowest BCUT2D eigenvalue weighted by atomic mass is 10.1. The van der Waals surface area contributed by atoms with Crippen LogP contribution in [0.1, 0.15) is 18.5 Å². The van der Waals surface area contributed by atoms with Gasteiger partial charge in [0, 0.05) is 16.0 Å². The minimum Gasteiger partial charge on any atom is -0.493 e. The van der Waals surface area contributed by atoms with Crippen LogP contribution in [0.5, 0.6) is 11.5 Å². The van der Waals surface area contributed by atoms with Crippen LogP contribution in [-0.2, 0) is 11.3 Å². The molecule has 1 atom stereocenters. The maximum atomic E-state index is 13.0. The number of amides is 1. The normalized spacial score (nSPS) is 11.8. The quantitative estimate of drug-likeness (QED) is 0.420. The van der Waals surface area contributed by atoms with Crippen LogP contribution < -0.4 is 20.5 Å².